The fraction of sp³-hybridized carbons (Fsp3) is 0.0909. The molecule has 0 saturated heterocycles. The van der Waals surface area contributed by atoms with Crippen LogP contribution in [0, 0.1) is 0 Å². The molecule has 5 heteroatoms. The van der Waals surface area contributed by atoms with Gasteiger partial charge in [0.25, 0.3) is 0 Å². The number of fused-ring (bicyclic) bond motifs is 1. The number of rotatable bonds is 2. The van der Waals surface area contributed by atoms with Crippen LogP contribution in [0.15, 0.2) is 35.6 Å². The third-order valence-electron chi connectivity index (χ3n) is 2.32. The second kappa shape index (κ2) is 4.06. The molecular formula is C11H10N2O3. The predicted octanol–water partition coefficient (Wildman–Crippen LogP) is 1.69. The second-order valence-electron chi connectivity index (χ2n) is 3.19. The Hall–Kier alpha value is -2.30. The van der Waals surface area contributed by atoms with Gasteiger partial charge in [-0.05, 0) is 12.1 Å². The highest BCUT2D eigenvalue weighted by atomic mass is 16.5. The second-order valence-corrected chi connectivity index (χ2v) is 3.19. The Kier molecular flexibility index (Phi) is 2.59. The van der Waals surface area contributed by atoms with Crippen molar-refractivity contribution >= 4 is 23.2 Å². The number of esters is 1. The minimum atomic E-state index is -0.420. The lowest BCUT2D eigenvalue weighted by Crippen LogP contribution is -2.05. The van der Waals surface area contributed by atoms with Crippen LogP contribution < -0.4 is 0 Å². The number of carbonyl (C=O) groups is 1. The van der Waals surface area contributed by atoms with Crippen LogP contribution in [0.25, 0.3) is 10.9 Å². The molecule has 0 spiro atoms. The number of nitrogens with zero attached hydrogens (tertiary/aromatic N) is 2. The number of aromatic nitrogens is 1. The molecule has 1 N–H and O–H groups in total. The Labute approximate surface area is 91.5 Å². The lowest BCUT2D eigenvalue weighted by atomic mass is 10.1. The predicted molar refractivity (Wildman–Crippen MR) is 59.0 cm³/mol. The number of methoxy groups -OCH3 is 1. The molecule has 0 aliphatic rings. The van der Waals surface area contributed by atoms with Crippen LogP contribution in [-0.2, 0) is 4.74 Å². The van der Waals surface area contributed by atoms with Gasteiger partial charge < -0.3 is 14.5 Å². The van der Waals surface area contributed by atoms with Crippen molar-refractivity contribution in [3.05, 3.63) is 36.0 Å². The number of hydrogen-bond donors (Lipinski definition) is 1. The Morgan fingerprint density at radius 3 is 3.00 bits per heavy atom. The molecule has 0 amide bonds. The average Bonchev–Trinajstić information content (AvgIpc) is 2.72. The zero-order valence-corrected chi connectivity index (χ0v) is 8.62. The van der Waals surface area contributed by atoms with Gasteiger partial charge in [-0.25, -0.2) is 4.79 Å². The Morgan fingerprint density at radius 2 is 2.31 bits per heavy atom. The normalized spacial score (nSPS) is 11.1. The van der Waals surface area contributed by atoms with Crippen molar-refractivity contribution in [2.75, 3.05) is 7.11 Å². The summed E-state index contributed by atoms with van der Waals surface area (Å²) in [5.74, 6) is -0.420. The number of para-hydroxylation sites is 1. The lowest BCUT2D eigenvalue weighted by molar-refractivity contribution is 0.0602. The van der Waals surface area contributed by atoms with E-state index in [0.29, 0.717) is 11.1 Å². The van der Waals surface area contributed by atoms with E-state index in [0.717, 1.165) is 5.39 Å². The number of oxime groups is 1. The van der Waals surface area contributed by atoms with Gasteiger partial charge in [0, 0.05) is 11.6 Å². The zero-order valence-electron chi connectivity index (χ0n) is 8.62. The van der Waals surface area contributed by atoms with Crippen LogP contribution in [0.5, 0.6) is 0 Å². The minimum Gasteiger partial charge on any atom is -0.465 e. The van der Waals surface area contributed by atoms with E-state index in [4.69, 9.17) is 5.21 Å². The van der Waals surface area contributed by atoms with Crippen LogP contribution in [0.1, 0.15) is 10.4 Å². The highest BCUT2D eigenvalue weighted by Gasteiger charge is 2.12. The first-order valence-corrected chi connectivity index (χ1v) is 4.63. The van der Waals surface area contributed by atoms with Crippen LogP contribution in [-0.4, -0.2) is 29.2 Å². The van der Waals surface area contributed by atoms with Crippen molar-refractivity contribution in [1.29, 1.82) is 0 Å². The highest BCUT2D eigenvalue weighted by Crippen LogP contribution is 2.20. The Bertz CT molecular complexity index is 557. The molecule has 0 unspecified atom stereocenters. The molecule has 5 nitrogen and oxygen atoms in total. The molecular weight excluding hydrogens is 208 g/mol. The topological polar surface area (TPSA) is 63.8 Å². The molecule has 16 heavy (non-hydrogen) atoms. The van der Waals surface area contributed by atoms with Crippen molar-refractivity contribution in [3.8, 4) is 0 Å². The first-order chi connectivity index (χ1) is 7.77. The van der Waals surface area contributed by atoms with Gasteiger partial charge in [-0.2, -0.15) is 0 Å². The molecule has 0 radical (unpaired) electrons. The molecule has 0 bridgehead atoms. The maximum Gasteiger partial charge on any atom is 0.340 e. The van der Waals surface area contributed by atoms with Crippen LogP contribution in [0.2, 0.25) is 0 Å². The molecule has 0 aliphatic heterocycles. The van der Waals surface area contributed by atoms with Crippen molar-refractivity contribution < 1.29 is 14.7 Å². The molecule has 82 valence electrons. The van der Waals surface area contributed by atoms with Gasteiger partial charge in [-0.15, -0.1) is 0 Å². The van der Waals surface area contributed by atoms with E-state index in [1.165, 1.54) is 13.4 Å². The summed E-state index contributed by atoms with van der Waals surface area (Å²) in [5.41, 5.74) is 1.09. The molecule has 2 aromatic rings. The fourth-order valence-corrected chi connectivity index (χ4v) is 1.65. The van der Waals surface area contributed by atoms with E-state index in [-0.39, 0.29) is 0 Å². The first-order valence-electron chi connectivity index (χ1n) is 4.63. The molecule has 1 aromatic carbocycles. The summed E-state index contributed by atoms with van der Waals surface area (Å²) < 4.78 is 6.24. The first kappa shape index (κ1) is 10.2. The number of benzene rings is 1. The molecule has 1 heterocycles. The summed E-state index contributed by atoms with van der Waals surface area (Å²) in [5, 5.41) is 12.3. The van der Waals surface area contributed by atoms with E-state index >= 15 is 0 Å². The molecule has 0 saturated carbocycles. The van der Waals surface area contributed by atoms with Crippen LogP contribution >= 0.6 is 0 Å². The molecule has 0 atom stereocenters. The highest BCUT2D eigenvalue weighted by molar-refractivity contribution is 6.04. The van der Waals surface area contributed by atoms with Gasteiger partial charge in [0.2, 0.25) is 0 Å². The smallest absolute Gasteiger partial charge is 0.340 e. The molecule has 2 rings (SSSR count). The number of hydrogen-bond acceptors (Lipinski definition) is 4. The summed E-state index contributed by atoms with van der Waals surface area (Å²) in [6, 6.07) is 7.12. The van der Waals surface area contributed by atoms with Crippen molar-refractivity contribution in [1.82, 2.24) is 4.57 Å². The number of ether oxygens (including phenoxy) is 1. The quantitative estimate of drug-likeness (QED) is 0.274. The summed E-state index contributed by atoms with van der Waals surface area (Å²) in [7, 11) is 1.33. The van der Waals surface area contributed by atoms with Crippen molar-refractivity contribution in [3.63, 3.8) is 0 Å². The molecule has 0 aliphatic carbocycles. The van der Waals surface area contributed by atoms with Crippen molar-refractivity contribution in [2.45, 2.75) is 0 Å². The summed E-state index contributed by atoms with van der Waals surface area (Å²) >= 11 is 0. The minimum absolute atomic E-state index is 0.420. The van der Waals surface area contributed by atoms with E-state index in [2.05, 4.69) is 9.89 Å². The summed E-state index contributed by atoms with van der Waals surface area (Å²) in [4.78, 5) is 11.5. The standard InChI is InChI=1S/C11H10N2O3/c1-16-11(14)9-4-2-3-8-5-6-13(7-12-15)10(8)9/h2-7,15H,1H3/b12-7+. The van der Waals surface area contributed by atoms with Gasteiger partial charge >= 0.3 is 5.97 Å². The monoisotopic (exact) mass is 218 g/mol. The summed E-state index contributed by atoms with van der Waals surface area (Å²) in [6.07, 6.45) is 2.92. The lowest BCUT2D eigenvalue weighted by Gasteiger charge is -2.03. The van der Waals surface area contributed by atoms with Gasteiger partial charge in [0.1, 0.15) is 6.34 Å². The van der Waals surface area contributed by atoms with Crippen molar-refractivity contribution in [2.24, 2.45) is 5.16 Å². The largest absolute Gasteiger partial charge is 0.465 e. The summed E-state index contributed by atoms with van der Waals surface area (Å²) in [6.45, 7) is 0. The molecule has 0 fully saturated rings. The average molecular weight is 218 g/mol. The van der Waals surface area contributed by atoms with E-state index in [1.807, 2.05) is 12.1 Å². The van der Waals surface area contributed by atoms with Crippen LogP contribution in [0.3, 0.4) is 0 Å². The zero-order chi connectivity index (χ0) is 11.5. The third-order valence-corrected chi connectivity index (χ3v) is 2.32. The van der Waals surface area contributed by atoms with Gasteiger partial charge in [-0.3, -0.25) is 0 Å². The maximum atomic E-state index is 11.5. The molecule has 1 aromatic heterocycles. The Balaban J connectivity index is 2.72. The van der Waals surface area contributed by atoms with Gasteiger partial charge in [0.05, 0.1) is 18.2 Å². The van der Waals surface area contributed by atoms with E-state index in [9.17, 15) is 4.79 Å². The number of carbonyl (C=O) groups excluding carboxylic acids is 1. The van der Waals surface area contributed by atoms with E-state index in [1.54, 1.807) is 22.9 Å². The van der Waals surface area contributed by atoms with E-state index < -0.39 is 5.97 Å². The Morgan fingerprint density at radius 1 is 1.50 bits per heavy atom. The maximum absolute atomic E-state index is 11.5. The third kappa shape index (κ3) is 1.52. The van der Waals surface area contributed by atoms with Crippen LogP contribution in [0.4, 0.5) is 0 Å². The van der Waals surface area contributed by atoms with Gasteiger partial charge in [0.15, 0.2) is 0 Å². The van der Waals surface area contributed by atoms with Gasteiger partial charge in [-0.1, -0.05) is 17.3 Å². The fourth-order valence-electron chi connectivity index (χ4n) is 1.65. The SMILES string of the molecule is COC(=O)c1cccc2ccn(/C=N/O)c12.